The number of nitrogens with zero attached hydrogens (tertiary/aromatic N) is 1. The number of carbonyl (C=O) groups is 2. The molecule has 5 nitrogen and oxygen atoms in total. The van der Waals surface area contributed by atoms with Gasteiger partial charge in [0, 0.05) is 31.4 Å². The third kappa shape index (κ3) is 4.97. The van der Waals surface area contributed by atoms with Crippen molar-refractivity contribution in [3.8, 4) is 0 Å². The second-order valence-electron chi connectivity index (χ2n) is 5.75. The summed E-state index contributed by atoms with van der Waals surface area (Å²) < 4.78 is 4.67. The van der Waals surface area contributed by atoms with Crippen LogP contribution in [-0.4, -0.2) is 39.6 Å². The van der Waals surface area contributed by atoms with Crippen molar-refractivity contribution in [2.24, 2.45) is 0 Å². The van der Waals surface area contributed by atoms with E-state index in [0.29, 0.717) is 29.1 Å². The van der Waals surface area contributed by atoms with Gasteiger partial charge in [0.1, 0.15) is 0 Å². The first-order valence-corrected chi connectivity index (χ1v) is 8.22. The zero-order chi connectivity index (χ0) is 18.4. The Kier molecular flexibility index (Phi) is 6.42. The first-order valence-electron chi connectivity index (χ1n) is 7.84. The summed E-state index contributed by atoms with van der Waals surface area (Å²) in [6, 6.07) is 12.4. The minimum absolute atomic E-state index is 0.169. The van der Waals surface area contributed by atoms with Gasteiger partial charge in [-0.3, -0.25) is 4.79 Å². The molecule has 0 heterocycles. The lowest BCUT2D eigenvalue weighted by molar-refractivity contribution is 0.0600. The van der Waals surface area contributed by atoms with Crippen molar-refractivity contribution >= 4 is 29.2 Å². The fourth-order valence-corrected chi connectivity index (χ4v) is 2.59. The molecule has 0 bridgehead atoms. The van der Waals surface area contributed by atoms with Crippen LogP contribution in [0.15, 0.2) is 42.5 Å². The van der Waals surface area contributed by atoms with Crippen molar-refractivity contribution in [3.63, 3.8) is 0 Å². The topological polar surface area (TPSA) is 58.6 Å². The number of rotatable bonds is 6. The Labute approximate surface area is 152 Å². The van der Waals surface area contributed by atoms with E-state index in [1.165, 1.54) is 7.11 Å². The average molecular weight is 361 g/mol. The summed E-state index contributed by atoms with van der Waals surface area (Å²) in [5, 5.41) is 3.42. The highest BCUT2D eigenvalue weighted by Crippen LogP contribution is 2.22. The molecule has 0 aliphatic heterocycles. The minimum atomic E-state index is -0.364. The average Bonchev–Trinajstić information content (AvgIpc) is 2.61. The van der Waals surface area contributed by atoms with E-state index in [9.17, 15) is 9.59 Å². The normalized spacial score (nSPS) is 10.2. The molecule has 2 aromatic carbocycles. The smallest absolute Gasteiger partial charge is 0.337 e. The Bertz CT molecular complexity index is 758. The highest BCUT2D eigenvalue weighted by Gasteiger charge is 2.13. The van der Waals surface area contributed by atoms with E-state index in [2.05, 4.69) is 10.1 Å². The first kappa shape index (κ1) is 18.8. The predicted molar refractivity (Wildman–Crippen MR) is 99.6 cm³/mol. The van der Waals surface area contributed by atoms with E-state index in [-0.39, 0.29) is 11.9 Å². The molecule has 0 saturated carbocycles. The molecule has 2 aromatic rings. The molecule has 6 heteroatoms. The van der Waals surface area contributed by atoms with E-state index in [4.69, 9.17) is 11.6 Å². The Morgan fingerprint density at radius 3 is 2.40 bits per heavy atom. The molecule has 2 rings (SSSR count). The van der Waals surface area contributed by atoms with Gasteiger partial charge in [-0.2, -0.15) is 0 Å². The maximum Gasteiger partial charge on any atom is 0.337 e. The van der Waals surface area contributed by atoms with Crippen molar-refractivity contribution in [2.45, 2.75) is 6.42 Å². The number of carbonyl (C=O) groups excluding carboxylic acids is 2. The second kappa shape index (κ2) is 8.53. The highest BCUT2D eigenvalue weighted by atomic mass is 35.5. The molecule has 1 amide bonds. The van der Waals surface area contributed by atoms with E-state index < -0.39 is 0 Å². The summed E-state index contributed by atoms with van der Waals surface area (Å²) in [6.45, 7) is 0.482. The van der Waals surface area contributed by atoms with Crippen molar-refractivity contribution in [2.75, 3.05) is 32.6 Å². The molecule has 0 aliphatic carbocycles. The molecule has 0 fully saturated rings. The Balaban J connectivity index is 1.97. The van der Waals surface area contributed by atoms with Crippen LogP contribution in [0.1, 0.15) is 26.3 Å². The molecule has 25 heavy (non-hydrogen) atoms. The van der Waals surface area contributed by atoms with Gasteiger partial charge in [0.15, 0.2) is 0 Å². The largest absolute Gasteiger partial charge is 0.465 e. The highest BCUT2D eigenvalue weighted by molar-refractivity contribution is 6.31. The number of halogens is 1. The SMILES string of the molecule is COC(=O)c1ccc(CCNC(=O)c2cc(Cl)ccc2N(C)C)cc1. The molecule has 0 radical (unpaired) electrons. The number of esters is 1. The van der Waals surface area contributed by atoms with Crippen molar-refractivity contribution < 1.29 is 14.3 Å². The quantitative estimate of drug-likeness (QED) is 0.804. The standard InChI is InChI=1S/C19H21ClN2O3/c1-22(2)17-9-8-15(20)12-16(17)18(23)21-11-10-13-4-6-14(7-5-13)19(24)25-3/h4-9,12H,10-11H2,1-3H3,(H,21,23). The molecule has 0 unspecified atom stereocenters. The van der Waals surface area contributed by atoms with Crippen LogP contribution in [0, 0.1) is 0 Å². The van der Waals surface area contributed by atoms with E-state index in [1.807, 2.05) is 37.2 Å². The summed E-state index contributed by atoms with van der Waals surface area (Å²) in [4.78, 5) is 25.7. The number of hydrogen-bond donors (Lipinski definition) is 1. The summed E-state index contributed by atoms with van der Waals surface area (Å²) in [6.07, 6.45) is 0.658. The molecule has 0 aliphatic rings. The van der Waals surface area contributed by atoms with Crippen molar-refractivity contribution in [3.05, 3.63) is 64.2 Å². The summed E-state index contributed by atoms with van der Waals surface area (Å²) in [5.41, 5.74) is 2.87. The molecule has 132 valence electrons. The zero-order valence-corrected chi connectivity index (χ0v) is 15.3. The number of benzene rings is 2. The van der Waals surface area contributed by atoms with E-state index in [0.717, 1.165) is 11.3 Å². The predicted octanol–water partition coefficient (Wildman–Crippen LogP) is 3.17. The van der Waals surface area contributed by atoms with Crippen LogP contribution in [0.2, 0.25) is 5.02 Å². The van der Waals surface area contributed by atoms with Crippen LogP contribution in [0.3, 0.4) is 0 Å². The maximum absolute atomic E-state index is 12.4. The van der Waals surface area contributed by atoms with Gasteiger partial charge >= 0.3 is 5.97 Å². The molecule has 0 saturated heterocycles. The van der Waals surface area contributed by atoms with Crippen molar-refractivity contribution in [1.29, 1.82) is 0 Å². The summed E-state index contributed by atoms with van der Waals surface area (Å²) in [5.74, 6) is -0.533. The van der Waals surface area contributed by atoms with Crippen LogP contribution in [0.4, 0.5) is 5.69 Å². The van der Waals surface area contributed by atoms with Crippen LogP contribution >= 0.6 is 11.6 Å². The van der Waals surface area contributed by atoms with Crippen molar-refractivity contribution in [1.82, 2.24) is 5.32 Å². The van der Waals surface area contributed by atoms with Gasteiger partial charge in [0.05, 0.1) is 18.2 Å². The molecule has 0 aromatic heterocycles. The molecule has 1 N–H and O–H groups in total. The maximum atomic E-state index is 12.4. The number of amides is 1. The lowest BCUT2D eigenvalue weighted by Gasteiger charge is -2.17. The Hall–Kier alpha value is -2.53. The Morgan fingerprint density at radius 1 is 1.12 bits per heavy atom. The number of methoxy groups -OCH3 is 1. The lowest BCUT2D eigenvalue weighted by Crippen LogP contribution is -2.27. The lowest BCUT2D eigenvalue weighted by atomic mass is 10.1. The van der Waals surface area contributed by atoms with Crippen LogP contribution in [0.25, 0.3) is 0 Å². The molecular formula is C19H21ClN2O3. The number of hydrogen-bond acceptors (Lipinski definition) is 4. The van der Waals surface area contributed by atoms with Gasteiger partial charge in [0.2, 0.25) is 0 Å². The van der Waals surface area contributed by atoms with Gasteiger partial charge in [-0.05, 0) is 42.3 Å². The van der Waals surface area contributed by atoms with Gasteiger partial charge in [0.25, 0.3) is 5.91 Å². The fraction of sp³-hybridized carbons (Fsp3) is 0.263. The third-order valence-electron chi connectivity index (χ3n) is 3.76. The Morgan fingerprint density at radius 2 is 1.80 bits per heavy atom. The molecule has 0 spiro atoms. The third-order valence-corrected chi connectivity index (χ3v) is 3.99. The minimum Gasteiger partial charge on any atom is -0.465 e. The molecular weight excluding hydrogens is 340 g/mol. The van der Waals surface area contributed by atoms with Gasteiger partial charge in [-0.15, -0.1) is 0 Å². The van der Waals surface area contributed by atoms with Gasteiger partial charge < -0.3 is 15.0 Å². The van der Waals surface area contributed by atoms with Crippen LogP contribution in [-0.2, 0) is 11.2 Å². The monoisotopic (exact) mass is 360 g/mol. The van der Waals surface area contributed by atoms with Crippen LogP contribution < -0.4 is 10.2 Å². The van der Waals surface area contributed by atoms with Gasteiger partial charge in [-0.1, -0.05) is 23.7 Å². The molecule has 0 atom stereocenters. The first-order chi connectivity index (χ1) is 11.9. The van der Waals surface area contributed by atoms with Crippen LogP contribution in [0.5, 0.6) is 0 Å². The fourth-order valence-electron chi connectivity index (χ4n) is 2.42. The van der Waals surface area contributed by atoms with E-state index >= 15 is 0 Å². The summed E-state index contributed by atoms with van der Waals surface area (Å²) in [7, 11) is 5.11. The second-order valence-corrected chi connectivity index (χ2v) is 6.19. The van der Waals surface area contributed by atoms with E-state index in [1.54, 1.807) is 24.3 Å². The number of ether oxygens (including phenoxy) is 1. The summed E-state index contributed by atoms with van der Waals surface area (Å²) >= 11 is 6.01. The number of anilines is 1. The number of nitrogens with one attached hydrogen (secondary N) is 1. The zero-order valence-electron chi connectivity index (χ0n) is 14.5. The van der Waals surface area contributed by atoms with Gasteiger partial charge in [-0.25, -0.2) is 4.79 Å².